The second-order valence-electron chi connectivity index (χ2n) is 5.06. The van der Waals surface area contributed by atoms with Gasteiger partial charge in [-0.3, -0.25) is 0 Å². The standard InChI is InChI=1S/C15H15ClN2O2S/c16-15-14(9-4-10-17-15)21(19,20)18-13-8-3-6-11-5-1-2-7-12(11)13/h1-2,4-5,7,9-10,13,18H,3,6,8H2. The lowest BCUT2D eigenvalue weighted by Crippen LogP contribution is -2.31. The number of hydrogen-bond donors (Lipinski definition) is 1. The molecule has 1 aliphatic rings. The number of benzene rings is 1. The Morgan fingerprint density at radius 1 is 1.19 bits per heavy atom. The minimum absolute atomic E-state index is 0.00547. The molecule has 1 N–H and O–H groups in total. The number of nitrogens with zero attached hydrogens (tertiary/aromatic N) is 1. The molecule has 1 aliphatic carbocycles. The molecule has 110 valence electrons. The molecule has 3 rings (SSSR count). The van der Waals surface area contributed by atoms with E-state index in [-0.39, 0.29) is 16.1 Å². The smallest absolute Gasteiger partial charge is 0.243 e. The van der Waals surface area contributed by atoms with Gasteiger partial charge in [0.25, 0.3) is 0 Å². The van der Waals surface area contributed by atoms with Gasteiger partial charge in [0.1, 0.15) is 10.0 Å². The average molecular weight is 323 g/mol. The van der Waals surface area contributed by atoms with E-state index >= 15 is 0 Å². The SMILES string of the molecule is O=S(=O)(NC1CCCc2ccccc21)c1cccnc1Cl. The van der Waals surface area contributed by atoms with Gasteiger partial charge in [-0.25, -0.2) is 18.1 Å². The van der Waals surface area contributed by atoms with Gasteiger partial charge in [-0.2, -0.15) is 0 Å². The number of hydrogen-bond acceptors (Lipinski definition) is 3. The van der Waals surface area contributed by atoms with Crippen LogP contribution < -0.4 is 4.72 Å². The monoisotopic (exact) mass is 322 g/mol. The zero-order valence-corrected chi connectivity index (χ0v) is 12.9. The van der Waals surface area contributed by atoms with Crippen molar-refractivity contribution < 1.29 is 8.42 Å². The Labute approximate surface area is 129 Å². The summed E-state index contributed by atoms with van der Waals surface area (Å²) in [5.74, 6) is 0. The molecule has 0 saturated carbocycles. The number of nitrogens with one attached hydrogen (secondary N) is 1. The zero-order valence-electron chi connectivity index (χ0n) is 11.3. The molecule has 0 fully saturated rings. The predicted octanol–water partition coefficient (Wildman–Crippen LogP) is 3.09. The van der Waals surface area contributed by atoms with Crippen LogP contribution in [-0.2, 0) is 16.4 Å². The first-order chi connectivity index (χ1) is 10.1. The number of aromatic nitrogens is 1. The van der Waals surface area contributed by atoms with E-state index in [2.05, 4.69) is 9.71 Å². The highest BCUT2D eigenvalue weighted by Crippen LogP contribution is 2.31. The summed E-state index contributed by atoms with van der Waals surface area (Å²) in [7, 11) is -3.68. The molecule has 0 bridgehead atoms. The number of rotatable bonds is 3. The first kappa shape index (κ1) is 14.5. The minimum atomic E-state index is -3.68. The van der Waals surface area contributed by atoms with E-state index in [1.165, 1.54) is 17.8 Å². The zero-order chi connectivity index (χ0) is 14.9. The first-order valence-corrected chi connectivity index (χ1v) is 8.65. The third kappa shape index (κ3) is 2.95. The highest BCUT2D eigenvalue weighted by molar-refractivity contribution is 7.89. The third-order valence-corrected chi connectivity index (χ3v) is 5.60. The van der Waals surface area contributed by atoms with E-state index in [0.29, 0.717) is 0 Å². The van der Waals surface area contributed by atoms with E-state index in [1.807, 2.05) is 24.3 Å². The van der Waals surface area contributed by atoms with Crippen molar-refractivity contribution >= 4 is 21.6 Å². The van der Waals surface area contributed by atoms with Crippen LogP contribution in [-0.4, -0.2) is 13.4 Å². The lowest BCUT2D eigenvalue weighted by atomic mass is 9.88. The summed E-state index contributed by atoms with van der Waals surface area (Å²) in [4.78, 5) is 3.85. The molecular formula is C15H15ClN2O2S. The summed E-state index contributed by atoms with van der Waals surface area (Å²) < 4.78 is 27.7. The first-order valence-electron chi connectivity index (χ1n) is 6.78. The quantitative estimate of drug-likeness (QED) is 0.883. The Morgan fingerprint density at radius 2 is 2.00 bits per heavy atom. The molecular weight excluding hydrogens is 308 g/mol. The second-order valence-corrected chi connectivity index (χ2v) is 7.10. The van der Waals surface area contributed by atoms with Gasteiger partial charge in [0.2, 0.25) is 10.0 Å². The van der Waals surface area contributed by atoms with Crippen LogP contribution in [0.15, 0.2) is 47.5 Å². The number of fused-ring (bicyclic) bond motifs is 1. The third-order valence-electron chi connectivity index (χ3n) is 3.68. The van der Waals surface area contributed by atoms with E-state index < -0.39 is 10.0 Å². The second kappa shape index (κ2) is 5.75. The lowest BCUT2D eigenvalue weighted by molar-refractivity contribution is 0.507. The van der Waals surface area contributed by atoms with Crippen molar-refractivity contribution in [1.82, 2.24) is 9.71 Å². The van der Waals surface area contributed by atoms with Gasteiger partial charge in [0.05, 0.1) is 0 Å². The molecule has 0 amide bonds. The average Bonchev–Trinajstić information content (AvgIpc) is 2.47. The van der Waals surface area contributed by atoms with Gasteiger partial charge < -0.3 is 0 Å². The van der Waals surface area contributed by atoms with Crippen LogP contribution in [0.4, 0.5) is 0 Å². The molecule has 1 aromatic carbocycles. The Bertz CT molecular complexity index is 762. The van der Waals surface area contributed by atoms with E-state index in [0.717, 1.165) is 24.8 Å². The Kier molecular flexibility index (Phi) is 3.97. The molecule has 1 atom stereocenters. The molecule has 1 aromatic heterocycles. The number of sulfonamides is 1. The molecule has 0 radical (unpaired) electrons. The van der Waals surface area contributed by atoms with Crippen molar-refractivity contribution in [3.8, 4) is 0 Å². The Hall–Kier alpha value is -1.43. The number of aryl methyl sites for hydroxylation is 1. The summed E-state index contributed by atoms with van der Waals surface area (Å²) in [5.41, 5.74) is 2.25. The van der Waals surface area contributed by atoms with Crippen LogP contribution in [0.5, 0.6) is 0 Å². The van der Waals surface area contributed by atoms with Crippen LogP contribution in [0, 0.1) is 0 Å². The van der Waals surface area contributed by atoms with Crippen LogP contribution in [0.25, 0.3) is 0 Å². The van der Waals surface area contributed by atoms with Gasteiger partial charge in [0.15, 0.2) is 0 Å². The number of halogens is 1. The van der Waals surface area contributed by atoms with E-state index in [4.69, 9.17) is 11.6 Å². The van der Waals surface area contributed by atoms with Crippen molar-refractivity contribution in [3.63, 3.8) is 0 Å². The van der Waals surface area contributed by atoms with Crippen molar-refractivity contribution in [2.45, 2.75) is 30.2 Å². The molecule has 21 heavy (non-hydrogen) atoms. The van der Waals surface area contributed by atoms with Gasteiger partial charge in [-0.05, 0) is 42.5 Å². The molecule has 0 aliphatic heterocycles. The normalized spacial score (nSPS) is 18.2. The van der Waals surface area contributed by atoms with Gasteiger partial charge in [0, 0.05) is 12.2 Å². The van der Waals surface area contributed by atoms with E-state index in [9.17, 15) is 8.42 Å². The Morgan fingerprint density at radius 3 is 2.81 bits per heavy atom. The minimum Gasteiger partial charge on any atom is -0.243 e. The highest BCUT2D eigenvalue weighted by atomic mass is 35.5. The summed E-state index contributed by atoms with van der Waals surface area (Å²) in [6.45, 7) is 0. The Balaban J connectivity index is 1.93. The molecule has 2 aromatic rings. The summed E-state index contributed by atoms with van der Waals surface area (Å²) in [5, 5.41) is -0.00547. The topological polar surface area (TPSA) is 59.1 Å². The van der Waals surface area contributed by atoms with Crippen molar-refractivity contribution in [3.05, 3.63) is 58.9 Å². The largest absolute Gasteiger partial charge is 0.244 e. The maximum absolute atomic E-state index is 12.5. The molecule has 6 heteroatoms. The van der Waals surface area contributed by atoms with Crippen LogP contribution in [0.1, 0.15) is 30.0 Å². The van der Waals surface area contributed by atoms with Crippen LogP contribution in [0.2, 0.25) is 5.15 Å². The van der Waals surface area contributed by atoms with Gasteiger partial charge in [-0.1, -0.05) is 35.9 Å². The summed E-state index contributed by atoms with van der Waals surface area (Å²) in [6.07, 6.45) is 4.21. The molecule has 0 saturated heterocycles. The fraction of sp³-hybridized carbons (Fsp3) is 0.267. The van der Waals surface area contributed by atoms with Crippen molar-refractivity contribution in [2.75, 3.05) is 0 Å². The van der Waals surface area contributed by atoms with Crippen molar-refractivity contribution in [2.24, 2.45) is 0 Å². The molecule has 1 unspecified atom stereocenters. The van der Waals surface area contributed by atoms with Gasteiger partial charge >= 0.3 is 0 Å². The fourth-order valence-corrected chi connectivity index (χ4v) is 4.40. The maximum Gasteiger partial charge on any atom is 0.244 e. The highest BCUT2D eigenvalue weighted by Gasteiger charge is 2.27. The van der Waals surface area contributed by atoms with Gasteiger partial charge in [-0.15, -0.1) is 0 Å². The molecule has 4 nitrogen and oxygen atoms in total. The van der Waals surface area contributed by atoms with Crippen LogP contribution >= 0.6 is 11.6 Å². The van der Waals surface area contributed by atoms with Crippen LogP contribution in [0.3, 0.4) is 0 Å². The van der Waals surface area contributed by atoms with Crippen molar-refractivity contribution in [1.29, 1.82) is 0 Å². The lowest BCUT2D eigenvalue weighted by Gasteiger charge is -2.26. The fourth-order valence-electron chi connectivity index (χ4n) is 2.70. The van der Waals surface area contributed by atoms with E-state index in [1.54, 1.807) is 6.07 Å². The maximum atomic E-state index is 12.5. The summed E-state index contributed by atoms with van der Waals surface area (Å²) >= 11 is 5.90. The molecule has 1 heterocycles. The number of pyridine rings is 1. The molecule has 0 spiro atoms. The predicted molar refractivity (Wildman–Crippen MR) is 81.7 cm³/mol. The summed E-state index contributed by atoms with van der Waals surface area (Å²) in [6, 6.07) is 10.8.